The fourth-order valence-electron chi connectivity index (χ4n) is 3.62. The van der Waals surface area contributed by atoms with Crippen molar-refractivity contribution in [3.63, 3.8) is 0 Å². The van der Waals surface area contributed by atoms with Crippen molar-refractivity contribution in [1.29, 1.82) is 0 Å². The predicted molar refractivity (Wildman–Crippen MR) is 102 cm³/mol. The second-order valence-electron chi connectivity index (χ2n) is 6.90. The number of aromatic nitrogens is 4. The standard InChI is InChI=1S/C20H23N5O3/c1-27-17-7-3-2-6-15(17)20-22-18(28-24-20)8-9-19(26)25-12-4-5-14(13-25)16-10-11-21-23-16/h2-3,6-7,10-11,14H,4-5,8-9,12-13H2,1H3,(H,21,23). The van der Waals surface area contributed by atoms with Gasteiger partial charge in [0.05, 0.1) is 12.7 Å². The molecule has 3 heterocycles. The number of likely N-dealkylation sites (tertiary alicyclic amines) is 1. The van der Waals surface area contributed by atoms with E-state index < -0.39 is 0 Å². The van der Waals surface area contributed by atoms with Crippen molar-refractivity contribution in [2.75, 3.05) is 20.2 Å². The molecule has 28 heavy (non-hydrogen) atoms. The van der Waals surface area contributed by atoms with Gasteiger partial charge in [-0.25, -0.2) is 0 Å². The van der Waals surface area contributed by atoms with Crippen molar-refractivity contribution in [1.82, 2.24) is 25.2 Å². The summed E-state index contributed by atoms with van der Waals surface area (Å²) in [4.78, 5) is 19.0. The van der Waals surface area contributed by atoms with Gasteiger partial charge in [-0.1, -0.05) is 17.3 Å². The molecule has 1 amide bonds. The quantitative estimate of drug-likeness (QED) is 0.705. The Morgan fingerprint density at radius 1 is 1.36 bits per heavy atom. The number of nitrogens with zero attached hydrogens (tertiary/aromatic N) is 4. The minimum absolute atomic E-state index is 0.112. The number of ether oxygens (including phenoxy) is 1. The number of hydrogen-bond acceptors (Lipinski definition) is 6. The lowest BCUT2D eigenvalue weighted by Crippen LogP contribution is -2.39. The second kappa shape index (κ2) is 8.24. The summed E-state index contributed by atoms with van der Waals surface area (Å²) in [5.41, 5.74) is 1.86. The van der Waals surface area contributed by atoms with E-state index in [1.807, 2.05) is 35.2 Å². The normalized spacial score (nSPS) is 16.9. The van der Waals surface area contributed by atoms with Crippen molar-refractivity contribution in [3.05, 3.63) is 48.1 Å². The van der Waals surface area contributed by atoms with E-state index in [-0.39, 0.29) is 5.91 Å². The maximum Gasteiger partial charge on any atom is 0.227 e. The summed E-state index contributed by atoms with van der Waals surface area (Å²) >= 11 is 0. The van der Waals surface area contributed by atoms with Gasteiger partial charge < -0.3 is 14.2 Å². The highest BCUT2D eigenvalue weighted by molar-refractivity contribution is 5.76. The first-order valence-corrected chi connectivity index (χ1v) is 9.47. The lowest BCUT2D eigenvalue weighted by atomic mass is 9.94. The molecule has 0 saturated carbocycles. The first-order chi connectivity index (χ1) is 13.7. The average Bonchev–Trinajstić information content (AvgIpc) is 3.44. The summed E-state index contributed by atoms with van der Waals surface area (Å²) in [5, 5.41) is 11.1. The molecule has 0 aliphatic carbocycles. The van der Waals surface area contributed by atoms with Gasteiger partial charge in [0.1, 0.15) is 5.75 Å². The number of rotatable bonds is 6. The van der Waals surface area contributed by atoms with E-state index in [0.29, 0.717) is 36.2 Å². The van der Waals surface area contributed by atoms with Gasteiger partial charge in [-0.05, 0) is 31.0 Å². The van der Waals surface area contributed by atoms with Gasteiger partial charge in [0.2, 0.25) is 17.6 Å². The number of carbonyl (C=O) groups is 1. The predicted octanol–water partition coefficient (Wildman–Crippen LogP) is 2.81. The van der Waals surface area contributed by atoms with Crippen molar-refractivity contribution >= 4 is 5.91 Å². The van der Waals surface area contributed by atoms with Gasteiger partial charge in [0.25, 0.3) is 0 Å². The molecule has 4 rings (SSSR count). The van der Waals surface area contributed by atoms with Crippen LogP contribution in [0.3, 0.4) is 0 Å². The number of para-hydroxylation sites is 1. The maximum absolute atomic E-state index is 12.7. The minimum atomic E-state index is 0.112. The molecule has 1 atom stereocenters. The third-order valence-electron chi connectivity index (χ3n) is 5.10. The maximum atomic E-state index is 12.7. The highest BCUT2D eigenvalue weighted by atomic mass is 16.5. The van der Waals surface area contributed by atoms with Crippen LogP contribution in [0.5, 0.6) is 5.75 Å². The van der Waals surface area contributed by atoms with Crippen LogP contribution in [0.4, 0.5) is 0 Å². The van der Waals surface area contributed by atoms with Crippen LogP contribution in [0.15, 0.2) is 41.1 Å². The fraction of sp³-hybridized carbons (Fsp3) is 0.400. The second-order valence-corrected chi connectivity index (χ2v) is 6.90. The van der Waals surface area contributed by atoms with Gasteiger partial charge >= 0.3 is 0 Å². The van der Waals surface area contributed by atoms with Gasteiger partial charge in [0, 0.05) is 43.7 Å². The largest absolute Gasteiger partial charge is 0.496 e. The van der Waals surface area contributed by atoms with Crippen LogP contribution < -0.4 is 4.74 Å². The number of carbonyl (C=O) groups excluding carboxylic acids is 1. The molecule has 1 aliphatic rings. The molecule has 1 fully saturated rings. The Morgan fingerprint density at radius 3 is 3.07 bits per heavy atom. The molecule has 1 aromatic carbocycles. The third kappa shape index (κ3) is 3.90. The zero-order valence-electron chi connectivity index (χ0n) is 15.8. The number of nitrogens with one attached hydrogen (secondary N) is 1. The minimum Gasteiger partial charge on any atom is -0.496 e. The van der Waals surface area contributed by atoms with Crippen LogP contribution in [0.1, 0.15) is 36.8 Å². The lowest BCUT2D eigenvalue weighted by Gasteiger charge is -2.32. The van der Waals surface area contributed by atoms with Crippen molar-refractivity contribution < 1.29 is 14.1 Å². The summed E-state index contributed by atoms with van der Waals surface area (Å²) < 4.78 is 10.7. The Balaban J connectivity index is 1.36. The van der Waals surface area contributed by atoms with Crippen LogP contribution in [0.25, 0.3) is 11.4 Å². The molecule has 0 bridgehead atoms. The summed E-state index contributed by atoms with van der Waals surface area (Å²) in [6, 6.07) is 9.49. The molecule has 8 nitrogen and oxygen atoms in total. The number of piperidine rings is 1. The molecule has 2 aromatic heterocycles. The molecule has 1 saturated heterocycles. The monoisotopic (exact) mass is 381 g/mol. The van der Waals surface area contributed by atoms with Gasteiger partial charge in [-0.3, -0.25) is 9.89 Å². The number of benzene rings is 1. The Kier molecular flexibility index (Phi) is 5.36. The topological polar surface area (TPSA) is 97.1 Å². The van der Waals surface area contributed by atoms with Gasteiger partial charge in [0.15, 0.2) is 0 Å². The van der Waals surface area contributed by atoms with Crippen LogP contribution in [-0.2, 0) is 11.2 Å². The number of hydrogen-bond donors (Lipinski definition) is 1. The van der Waals surface area contributed by atoms with Crippen LogP contribution in [0.2, 0.25) is 0 Å². The summed E-state index contributed by atoms with van der Waals surface area (Å²) in [6.07, 6.45) is 4.59. The highest BCUT2D eigenvalue weighted by Crippen LogP contribution is 2.28. The smallest absolute Gasteiger partial charge is 0.227 e. The van der Waals surface area contributed by atoms with Crippen molar-refractivity contribution in [2.24, 2.45) is 0 Å². The van der Waals surface area contributed by atoms with Gasteiger partial charge in [-0.15, -0.1) is 0 Å². The first kappa shape index (κ1) is 18.2. The van der Waals surface area contributed by atoms with Crippen molar-refractivity contribution in [3.8, 4) is 17.1 Å². The molecule has 3 aromatic rings. The van der Waals surface area contributed by atoms with E-state index in [0.717, 1.165) is 37.2 Å². The summed E-state index contributed by atoms with van der Waals surface area (Å²) in [5.74, 6) is 2.04. The van der Waals surface area contributed by atoms with Crippen LogP contribution in [0, 0.1) is 0 Å². The molecular formula is C20H23N5O3. The Morgan fingerprint density at radius 2 is 2.25 bits per heavy atom. The fourth-order valence-corrected chi connectivity index (χ4v) is 3.62. The average molecular weight is 381 g/mol. The van der Waals surface area contributed by atoms with E-state index >= 15 is 0 Å². The molecule has 0 spiro atoms. The molecule has 1 N–H and O–H groups in total. The SMILES string of the molecule is COc1ccccc1-c1noc(CCC(=O)N2CCCC(c3ccn[nH]3)C2)n1. The van der Waals surface area contributed by atoms with E-state index in [2.05, 4.69) is 20.3 Å². The van der Waals surface area contributed by atoms with E-state index in [1.54, 1.807) is 13.3 Å². The number of methoxy groups -OCH3 is 1. The lowest BCUT2D eigenvalue weighted by molar-refractivity contribution is -0.132. The molecule has 146 valence electrons. The Hall–Kier alpha value is -3.16. The molecule has 0 radical (unpaired) electrons. The van der Waals surface area contributed by atoms with E-state index in [9.17, 15) is 4.79 Å². The van der Waals surface area contributed by atoms with E-state index in [4.69, 9.17) is 9.26 Å². The zero-order valence-corrected chi connectivity index (χ0v) is 15.8. The van der Waals surface area contributed by atoms with Crippen molar-refractivity contribution in [2.45, 2.75) is 31.6 Å². The van der Waals surface area contributed by atoms with Gasteiger partial charge in [-0.2, -0.15) is 10.1 Å². The molecule has 1 aliphatic heterocycles. The van der Waals surface area contributed by atoms with Crippen LogP contribution >= 0.6 is 0 Å². The third-order valence-corrected chi connectivity index (χ3v) is 5.10. The summed E-state index contributed by atoms with van der Waals surface area (Å²) in [6.45, 7) is 1.51. The summed E-state index contributed by atoms with van der Waals surface area (Å²) in [7, 11) is 1.60. The number of H-pyrrole nitrogens is 1. The first-order valence-electron chi connectivity index (χ1n) is 9.47. The number of amides is 1. The van der Waals surface area contributed by atoms with Crippen LogP contribution in [-0.4, -0.2) is 51.3 Å². The Labute approximate surface area is 162 Å². The number of aryl methyl sites for hydroxylation is 1. The van der Waals surface area contributed by atoms with E-state index in [1.165, 1.54) is 0 Å². The highest BCUT2D eigenvalue weighted by Gasteiger charge is 2.25. The Bertz CT molecular complexity index is 922. The molecule has 1 unspecified atom stereocenters. The molecular weight excluding hydrogens is 358 g/mol. The number of aromatic amines is 1. The zero-order chi connectivity index (χ0) is 19.3. The molecule has 8 heteroatoms.